The number of aromatic amines is 1. The number of hydrogen-bond donors (Lipinski definition) is 5. The number of rotatable bonds is 4. The smallest absolute Gasteiger partial charge is 0.320 e. The Bertz CT molecular complexity index is 1000. The molecule has 6 N–H and O–H groups in total. The van der Waals surface area contributed by atoms with E-state index in [1.807, 2.05) is 60.8 Å². The van der Waals surface area contributed by atoms with Gasteiger partial charge < -0.3 is 26.5 Å². The molecular formula is C20H20N4O3S. The van der Waals surface area contributed by atoms with Crippen LogP contribution in [0.5, 0.6) is 0 Å². The van der Waals surface area contributed by atoms with Gasteiger partial charge in [-0.15, -0.1) is 0 Å². The third-order valence-electron chi connectivity index (χ3n) is 4.34. The Labute approximate surface area is 166 Å². The highest BCUT2D eigenvalue weighted by molar-refractivity contribution is 7.80. The largest absolute Gasteiger partial charge is 0.480 e. The van der Waals surface area contributed by atoms with Gasteiger partial charge >= 0.3 is 5.97 Å². The zero-order valence-electron chi connectivity index (χ0n) is 14.9. The lowest BCUT2D eigenvalue weighted by atomic mass is 10.1. The van der Waals surface area contributed by atoms with Crippen LogP contribution in [-0.2, 0) is 16.0 Å². The first-order valence-corrected chi connectivity index (χ1v) is 9.06. The molecule has 3 aromatic rings. The minimum atomic E-state index is -0.972. The third-order valence-corrected chi connectivity index (χ3v) is 4.56. The van der Waals surface area contributed by atoms with E-state index < -0.39 is 12.0 Å². The number of aliphatic carboxylic acids is 1. The Kier molecular flexibility index (Phi) is 6.03. The molecule has 2 atom stereocenters. The first kappa shape index (κ1) is 19.5. The second-order valence-electron chi connectivity index (χ2n) is 6.31. The van der Waals surface area contributed by atoms with Crippen molar-refractivity contribution in [1.82, 2.24) is 15.6 Å². The standard InChI is InChI=1S/C11H12N2O2.C9H8N2OS/c12-9(11(14)15)5-7-6-13-10-4-2-1-3-8(7)10;12-8-7(10-9(13)11-8)6-4-2-1-3-5-6/h1-4,6,9,13H,5,12H2,(H,14,15);1-5,7H,(H2,10,11,12,13)/t9-;/m0./s1. The van der Waals surface area contributed by atoms with E-state index in [2.05, 4.69) is 15.6 Å². The van der Waals surface area contributed by atoms with Crippen LogP contribution in [0, 0.1) is 0 Å². The van der Waals surface area contributed by atoms with Gasteiger partial charge in [0.1, 0.15) is 12.1 Å². The molecule has 2 heterocycles. The topological polar surface area (TPSA) is 120 Å². The van der Waals surface area contributed by atoms with Crippen LogP contribution in [0.4, 0.5) is 0 Å². The lowest BCUT2D eigenvalue weighted by molar-refractivity contribution is -0.138. The second-order valence-corrected chi connectivity index (χ2v) is 6.72. The number of carboxylic acid groups (broad SMARTS) is 1. The summed E-state index contributed by atoms with van der Waals surface area (Å²) in [7, 11) is 0. The molecule has 0 aliphatic carbocycles. The number of carbonyl (C=O) groups excluding carboxylic acids is 1. The van der Waals surface area contributed by atoms with E-state index in [1.54, 1.807) is 0 Å². The van der Waals surface area contributed by atoms with E-state index in [0.717, 1.165) is 22.0 Å². The van der Waals surface area contributed by atoms with Crippen LogP contribution in [0.1, 0.15) is 17.2 Å². The molecule has 1 aliphatic heterocycles. The maximum atomic E-state index is 11.3. The number of para-hydroxylation sites is 1. The predicted octanol–water partition coefficient (Wildman–Crippen LogP) is 1.85. The van der Waals surface area contributed by atoms with Crippen LogP contribution in [0.25, 0.3) is 10.9 Å². The van der Waals surface area contributed by atoms with Crippen molar-refractivity contribution in [1.29, 1.82) is 0 Å². The van der Waals surface area contributed by atoms with Crippen LogP contribution in [0.2, 0.25) is 0 Å². The molecule has 0 radical (unpaired) electrons. The molecule has 0 saturated carbocycles. The predicted molar refractivity (Wildman–Crippen MR) is 111 cm³/mol. The zero-order chi connectivity index (χ0) is 20.1. The minimum absolute atomic E-state index is 0.0869. The van der Waals surface area contributed by atoms with Gasteiger partial charge in [0.25, 0.3) is 5.91 Å². The highest BCUT2D eigenvalue weighted by atomic mass is 32.1. The Morgan fingerprint density at radius 2 is 1.82 bits per heavy atom. The van der Waals surface area contributed by atoms with Gasteiger partial charge in [0.05, 0.1) is 0 Å². The van der Waals surface area contributed by atoms with Crippen molar-refractivity contribution in [3.05, 3.63) is 71.9 Å². The number of fused-ring (bicyclic) bond motifs is 1. The molecule has 1 amide bonds. The molecular weight excluding hydrogens is 376 g/mol. The summed E-state index contributed by atoms with van der Waals surface area (Å²) in [5.41, 5.74) is 8.37. The maximum absolute atomic E-state index is 11.3. The van der Waals surface area contributed by atoms with Crippen LogP contribution in [0.3, 0.4) is 0 Å². The Hall–Kier alpha value is -3.23. The summed E-state index contributed by atoms with van der Waals surface area (Å²) < 4.78 is 0. The Balaban J connectivity index is 0.000000162. The lowest BCUT2D eigenvalue weighted by Gasteiger charge is -2.06. The van der Waals surface area contributed by atoms with Gasteiger partial charge in [-0.1, -0.05) is 48.5 Å². The van der Waals surface area contributed by atoms with Gasteiger partial charge in [-0.2, -0.15) is 0 Å². The van der Waals surface area contributed by atoms with Crippen LogP contribution >= 0.6 is 12.2 Å². The van der Waals surface area contributed by atoms with E-state index in [4.69, 9.17) is 23.1 Å². The molecule has 8 heteroatoms. The summed E-state index contributed by atoms with van der Waals surface area (Å²) in [6.07, 6.45) is 2.16. The van der Waals surface area contributed by atoms with Crippen molar-refractivity contribution < 1.29 is 14.7 Å². The third kappa shape index (κ3) is 4.54. The van der Waals surface area contributed by atoms with Gasteiger partial charge in [0, 0.05) is 23.5 Å². The van der Waals surface area contributed by atoms with Crippen molar-refractivity contribution in [3.8, 4) is 0 Å². The molecule has 0 spiro atoms. The Morgan fingerprint density at radius 1 is 1.14 bits per heavy atom. The molecule has 1 unspecified atom stereocenters. The number of hydrogen-bond acceptors (Lipinski definition) is 4. The molecule has 144 valence electrons. The van der Waals surface area contributed by atoms with E-state index >= 15 is 0 Å². The summed E-state index contributed by atoms with van der Waals surface area (Å²) in [4.78, 5) is 25.0. The molecule has 28 heavy (non-hydrogen) atoms. The monoisotopic (exact) mass is 396 g/mol. The SMILES string of the molecule is N[C@@H](Cc1c[nH]c2ccccc12)C(=O)O.O=C1NC(=S)NC1c1ccccc1. The van der Waals surface area contributed by atoms with Gasteiger partial charge in [-0.25, -0.2) is 0 Å². The fourth-order valence-corrected chi connectivity index (χ4v) is 3.14. The van der Waals surface area contributed by atoms with Gasteiger partial charge in [-0.05, 0) is 29.4 Å². The zero-order valence-corrected chi connectivity index (χ0v) is 15.7. The average molecular weight is 396 g/mol. The molecule has 0 bridgehead atoms. The molecule has 1 aromatic heterocycles. The number of aromatic nitrogens is 1. The first-order chi connectivity index (χ1) is 13.5. The van der Waals surface area contributed by atoms with Crippen LogP contribution < -0.4 is 16.4 Å². The van der Waals surface area contributed by atoms with Crippen LogP contribution in [0.15, 0.2) is 60.8 Å². The average Bonchev–Trinajstić information content (AvgIpc) is 3.25. The van der Waals surface area contributed by atoms with Gasteiger partial charge in [0.15, 0.2) is 5.11 Å². The van der Waals surface area contributed by atoms with Crippen molar-refractivity contribution in [2.75, 3.05) is 0 Å². The number of carboxylic acids is 1. The van der Waals surface area contributed by atoms with Gasteiger partial charge in [-0.3, -0.25) is 9.59 Å². The number of H-pyrrole nitrogens is 1. The maximum Gasteiger partial charge on any atom is 0.320 e. The first-order valence-electron chi connectivity index (χ1n) is 8.65. The molecule has 7 nitrogen and oxygen atoms in total. The number of nitrogens with two attached hydrogens (primary N) is 1. The van der Waals surface area contributed by atoms with Gasteiger partial charge in [0.2, 0.25) is 0 Å². The van der Waals surface area contributed by atoms with Crippen molar-refractivity contribution >= 4 is 40.1 Å². The highest BCUT2D eigenvalue weighted by Gasteiger charge is 2.27. The summed E-state index contributed by atoms with van der Waals surface area (Å²) in [6, 6.07) is 16.1. The number of amides is 1. The fraction of sp³-hybridized carbons (Fsp3) is 0.150. The van der Waals surface area contributed by atoms with Crippen molar-refractivity contribution in [3.63, 3.8) is 0 Å². The summed E-state index contributed by atoms with van der Waals surface area (Å²) >= 11 is 4.83. The molecule has 1 fully saturated rings. The molecule has 1 aliphatic rings. The molecule has 4 rings (SSSR count). The quantitative estimate of drug-likeness (QED) is 0.429. The molecule has 2 aromatic carbocycles. The summed E-state index contributed by atoms with van der Waals surface area (Å²) in [5, 5.41) is 15.6. The fourth-order valence-electron chi connectivity index (χ4n) is 2.92. The van der Waals surface area contributed by atoms with E-state index in [9.17, 15) is 9.59 Å². The number of carbonyl (C=O) groups is 2. The van der Waals surface area contributed by atoms with E-state index in [-0.39, 0.29) is 11.9 Å². The normalized spacial score (nSPS) is 16.7. The summed E-state index contributed by atoms with van der Waals surface area (Å²) in [6.45, 7) is 0. The molecule has 1 saturated heterocycles. The van der Waals surface area contributed by atoms with Crippen molar-refractivity contribution in [2.45, 2.75) is 18.5 Å². The second kappa shape index (κ2) is 8.64. The van der Waals surface area contributed by atoms with Crippen LogP contribution in [-0.4, -0.2) is 33.1 Å². The minimum Gasteiger partial charge on any atom is -0.480 e. The Morgan fingerprint density at radius 3 is 2.46 bits per heavy atom. The van der Waals surface area contributed by atoms with Crippen molar-refractivity contribution in [2.24, 2.45) is 5.73 Å². The number of thiocarbonyl (C=S) groups is 1. The van der Waals surface area contributed by atoms with E-state index in [1.165, 1.54) is 0 Å². The highest BCUT2D eigenvalue weighted by Crippen LogP contribution is 2.18. The number of nitrogens with one attached hydrogen (secondary N) is 3. The lowest BCUT2D eigenvalue weighted by Crippen LogP contribution is -2.32. The van der Waals surface area contributed by atoms with E-state index in [0.29, 0.717) is 11.5 Å². The summed E-state index contributed by atoms with van der Waals surface area (Å²) in [5.74, 6) is -1.06. The number of benzene rings is 2.